The fraction of sp³-hybridized carbons (Fsp3) is 0.262. The molecule has 6 aromatic carbocycles. The number of carboxylic acids is 2. The second-order valence-corrected chi connectivity index (χ2v) is 25.7. The van der Waals surface area contributed by atoms with Crippen LogP contribution in [0.3, 0.4) is 0 Å². The molecule has 0 aliphatic carbocycles. The summed E-state index contributed by atoms with van der Waals surface area (Å²) in [6, 6.07) is 40.3. The van der Waals surface area contributed by atoms with Gasteiger partial charge in [-0.25, -0.2) is 26.4 Å². The first-order valence-corrected chi connectivity index (χ1v) is 31.3. The number of carbonyl (C=O) groups is 4. The summed E-state index contributed by atoms with van der Waals surface area (Å²) in [6.45, 7) is 10.2. The zero-order chi connectivity index (χ0) is 63.2. The molecule has 0 bridgehead atoms. The quantitative estimate of drug-likeness (QED) is 0.0473. The predicted molar refractivity (Wildman–Crippen MR) is 336 cm³/mol. The van der Waals surface area contributed by atoms with Crippen LogP contribution in [0.15, 0.2) is 155 Å². The number of benzene rings is 6. The first kappa shape index (κ1) is 73.0. The van der Waals surface area contributed by atoms with Crippen molar-refractivity contribution in [3.8, 4) is 32.4 Å². The number of hydrogen-bond donors (Lipinski definition) is 2. The summed E-state index contributed by atoms with van der Waals surface area (Å²) < 4.78 is 90.7. The van der Waals surface area contributed by atoms with Gasteiger partial charge in [0.05, 0.1) is 45.4 Å². The van der Waals surface area contributed by atoms with Gasteiger partial charge in [0, 0.05) is 24.3 Å². The maximum Gasteiger partial charge on any atom is 1.00 e. The van der Waals surface area contributed by atoms with Gasteiger partial charge in [-0.15, -0.1) is 22.7 Å². The van der Waals surface area contributed by atoms with Crippen LogP contribution in [0.25, 0.3) is 20.9 Å². The van der Waals surface area contributed by atoms with Crippen LogP contribution in [-0.2, 0) is 65.0 Å². The molecule has 0 amide bonds. The Bertz CT molecular complexity index is 3930. The fourth-order valence-electron chi connectivity index (χ4n) is 9.87. The molecule has 464 valence electrons. The Kier molecular flexibility index (Phi) is 27.1. The van der Waals surface area contributed by atoms with Crippen molar-refractivity contribution in [2.75, 3.05) is 35.6 Å². The standard InChI is InChI=1S/C33H35NO7S2.C31H31NO7S2.CH3F.Li.H2O.H2/c1-21-18-28(39-4)22(2)23(3)31(21)43(37,38)34(27(32(35)40-5)19-24-10-8-7-9-11-24)20-25-12-14-26(15-13-25)29-16-17-30(42-29)33(36)41-6;1-19-16-26(39-4)20(2)21(3)29(19)41(37,38)32(25(30(33)34)17-22-8-6-5-7-9-22)18-23-10-12-24(13-11-23)27-14-15-28(40-27)31(35)36;1-2;;;/h7-18,27H,19-20H2,1-6H3;5-16,25H,17-18H2,1-4H3,(H,33,34)(H,35,36);1H3;;1H2;1H/q;;;+1;;/p-1/t27-;25-;;;;/m00..../s1/i;;;;;1+2. The molecule has 0 fully saturated rings. The van der Waals surface area contributed by atoms with Crippen molar-refractivity contribution < 1.29 is 95.3 Å². The van der Waals surface area contributed by atoms with E-state index in [1.54, 1.807) is 115 Å². The molecule has 3 N–H and O–H groups in total. The number of aromatic carboxylic acids is 1. The normalized spacial score (nSPS) is 11.8. The van der Waals surface area contributed by atoms with Crippen molar-refractivity contribution >= 4 is 66.6 Å². The predicted octanol–water partition coefficient (Wildman–Crippen LogP) is 9.70. The largest absolute Gasteiger partial charge is 1.00 e. The van der Waals surface area contributed by atoms with Crippen LogP contribution in [0.4, 0.5) is 4.39 Å². The molecule has 88 heavy (non-hydrogen) atoms. The number of hydrogen-bond acceptors (Lipinski definition) is 15. The van der Waals surface area contributed by atoms with Crippen LogP contribution in [0.2, 0.25) is 0 Å². The number of ether oxygens (including phenoxy) is 4. The van der Waals surface area contributed by atoms with Gasteiger partial charge in [0.15, 0.2) is 0 Å². The molecule has 0 aliphatic heterocycles. The number of aliphatic carboxylic acids is 1. The molecule has 0 unspecified atom stereocenters. The number of alkyl halides is 1. The molecule has 0 spiro atoms. The SMILES string of the molecule is CF.COC(=O)c1ccc(-c2ccc(CN([C@@H](Cc3ccccc3)C(=O)OC)S(=O)(=O)c3c(C)cc(OC)c(C)c3C)cc2)s1.COc1cc(C)c(S(=O)(=O)N(Cc2ccc(-c3ccc(C(=O)O)s3)cc2)[C@@H](Cc2ccccc2)C(=O)O)c(C)c1C.[3HH].[Li+].[OH-]. The fourth-order valence-corrected chi connectivity index (χ4v) is 15.8. The van der Waals surface area contributed by atoms with E-state index in [4.69, 9.17) is 18.9 Å². The van der Waals surface area contributed by atoms with Crippen LogP contribution in [0, 0.1) is 41.5 Å². The minimum absolute atomic E-state index is 0. The smallest absolute Gasteiger partial charge is 0.870 e. The van der Waals surface area contributed by atoms with Gasteiger partial charge >= 0.3 is 42.7 Å². The van der Waals surface area contributed by atoms with E-state index in [9.17, 15) is 50.6 Å². The number of carbonyl (C=O) groups excluding carboxylic acids is 2. The second-order valence-electron chi connectivity index (χ2n) is 19.8. The molecule has 8 aromatic rings. The Morgan fingerprint density at radius 3 is 1.24 bits per heavy atom. The number of aryl methyl sites for hydroxylation is 2. The second kappa shape index (κ2) is 32.7. The third-order valence-electron chi connectivity index (χ3n) is 14.5. The maximum atomic E-state index is 14.6. The Morgan fingerprint density at radius 1 is 0.511 bits per heavy atom. The van der Waals surface area contributed by atoms with Gasteiger partial charge < -0.3 is 34.6 Å². The number of carboxylic acid groups (broad SMARTS) is 2. The summed E-state index contributed by atoms with van der Waals surface area (Å²) in [6.07, 6.45) is 0.109. The molecule has 17 nitrogen and oxygen atoms in total. The molecule has 2 heterocycles. The van der Waals surface area contributed by atoms with Crippen molar-refractivity contribution in [3.05, 3.63) is 211 Å². The monoisotopic (exact) mass is 1280 g/mol. The van der Waals surface area contributed by atoms with E-state index in [1.807, 2.05) is 73.7 Å². The van der Waals surface area contributed by atoms with Crippen molar-refractivity contribution in [3.63, 3.8) is 0 Å². The summed E-state index contributed by atoms with van der Waals surface area (Å²) in [5.41, 5.74) is 7.80. The molecular weight excluding hydrogens is 1200 g/mol. The summed E-state index contributed by atoms with van der Waals surface area (Å²) in [5.74, 6) is -2.17. The van der Waals surface area contributed by atoms with Gasteiger partial charge in [-0.05, 0) is 158 Å². The number of sulfonamides is 2. The Balaban J connectivity index is 0.000000439. The third kappa shape index (κ3) is 17.0. The van der Waals surface area contributed by atoms with Crippen LogP contribution in [-0.4, -0.2) is 113 Å². The van der Waals surface area contributed by atoms with Crippen LogP contribution in [0.1, 0.15) is 76.4 Å². The van der Waals surface area contributed by atoms with E-state index in [1.165, 1.54) is 43.0 Å². The number of nitrogens with zero attached hydrogens (tertiary/aromatic N) is 2. The van der Waals surface area contributed by atoms with E-state index in [2.05, 4.69) is 0 Å². The zero-order valence-electron chi connectivity index (χ0n) is 51.0. The first-order chi connectivity index (χ1) is 40.9. The number of methoxy groups -OCH3 is 4. The number of halogens is 1. The maximum absolute atomic E-state index is 14.6. The average Bonchev–Trinajstić information content (AvgIpc) is 1.79. The van der Waals surface area contributed by atoms with E-state index in [0.717, 1.165) is 42.1 Å². The third-order valence-corrected chi connectivity index (χ3v) is 21.0. The minimum atomic E-state index is -4.31. The molecule has 0 saturated carbocycles. The van der Waals surface area contributed by atoms with Gasteiger partial charge in [0.25, 0.3) is 0 Å². The number of thiophene rings is 2. The van der Waals surface area contributed by atoms with Crippen molar-refractivity contribution in [2.45, 2.75) is 89.3 Å². The van der Waals surface area contributed by atoms with E-state index in [-0.39, 0.29) is 66.4 Å². The Labute approximate surface area is 535 Å². The molecule has 0 radical (unpaired) electrons. The molecule has 2 atom stereocenters. The molecule has 0 aliphatic rings. The summed E-state index contributed by atoms with van der Waals surface area (Å²) in [4.78, 5) is 51.7. The van der Waals surface area contributed by atoms with Gasteiger partial charge in [0.2, 0.25) is 20.0 Å². The van der Waals surface area contributed by atoms with Gasteiger partial charge in [-0.2, -0.15) is 8.61 Å². The van der Waals surface area contributed by atoms with Crippen LogP contribution >= 0.6 is 22.7 Å². The van der Waals surface area contributed by atoms with Crippen LogP contribution < -0.4 is 28.3 Å². The Morgan fingerprint density at radius 2 is 0.886 bits per heavy atom. The topological polar surface area (TPSA) is 250 Å². The zero-order valence-corrected chi connectivity index (χ0v) is 54.3. The first-order valence-electron chi connectivity index (χ1n) is 26.7. The average molecular weight is 1280 g/mol. The Hall–Kier alpha value is -7.49. The summed E-state index contributed by atoms with van der Waals surface area (Å²) in [5, 5.41) is 19.6. The van der Waals surface area contributed by atoms with Crippen molar-refractivity contribution in [1.82, 2.24) is 8.61 Å². The molecule has 0 saturated heterocycles. The molecular formula is C65H72FLiN2O15S4. The van der Waals surface area contributed by atoms with E-state index >= 15 is 0 Å². The number of rotatable bonds is 22. The van der Waals surface area contributed by atoms with Crippen molar-refractivity contribution in [1.29, 1.82) is 0 Å². The van der Waals surface area contributed by atoms with Gasteiger partial charge in [-0.3, -0.25) is 14.0 Å². The van der Waals surface area contributed by atoms with Gasteiger partial charge in [0.1, 0.15) is 33.3 Å². The summed E-state index contributed by atoms with van der Waals surface area (Å²) in [7, 11) is -2.37. The van der Waals surface area contributed by atoms with Crippen LogP contribution in [0.5, 0.6) is 11.5 Å². The number of esters is 2. The van der Waals surface area contributed by atoms with E-state index < -0.39 is 56.0 Å². The molecule has 23 heteroatoms. The minimum Gasteiger partial charge on any atom is -0.870 e. The van der Waals surface area contributed by atoms with E-state index in [0.29, 0.717) is 73.6 Å². The molecule has 2 aromatic heterocycles. The van der Waals surface area contributed by atoms with Gasteiger partial charge in [-0.1, -0.05) is 109 Å². The van der Waals surface area contributed by atoms with Crippen molar-refractivity contribution in [2.24, 2.45) is 0 Å². The summed E-state index contributed by atoms with van der Waals surface area (Å²) >= 11 is 2.45. The molecule has 8 rings (SSSR count).